The van der Waals surface area contributed by atoms with Gasteiger partial charge in [0, 0.05) is 24.8 Å². The normalized spacial score (nSPS) is 17.2. The van der Waals surface area contributed by atoms with Crippen molar-refractivity contribution in [2.45, 2.75) is 19.4 Å². The van der Waals surface area contributed by atoms with Crippen LogP contribution in [-0.4, -0.2) is 35.1 Å². The highest BCUT2D eigenvalue weighted by molar-refractivity contribution is 6.04. The molecule has 2 aliphatic rings. The van der Waals surface area contributed by atoms with Gasteiger partial charge in [0.2, 0.25) is 0 Å². The number of anilines is 3. The number of rotatable bonds is 2. The van der Waals surface area contributed by atoms with Gasteiger partial charge in [-0.15, -0.1) is 0 Å². The Kier molecular flexibility index (Phi) is 4.16. The highest BCUT2D eigenvalue weighted by Crippen LogP contribution is 2.40. The lowest BCUT2D eigenvalue weighted by atomic mass is 10.1. The van der Waals surface area contributed by atoms with Crippen molar-refractivity contribution in [3.63, 3.8) is 0 Å². The summed E-state index contributed by atoms with van der Waals surface area (Å²) in [5.41, 5.74) is 4.00. The Labute approximate surface area is 168 Å². The van der Waals surface area contributed by atoms with E-state index in [-0.39, 0.29) is 17.8 Å². The Morgan fingerprint density at radius 3 is 2.97 bits per heavy atom. The zero-order chi connectivity index (χ0) is 20.0. The minimum absolute atomic E-state index is 0.00709. The fraction of sp³-hybridized carbons (Fsp3) is 0.227. The van der Waals surface area contributed by atoms with Crippen molar-refractivity contribution in [3.05, 3.63) is 66.2 Å². The van der Waals surface area contributed by atoms with Gasteiger partial charge in [0.15, 0.2) is 11.6 Å². The van der Waals surface area contributed by atoms with Crippen molar-refractivity contribution < 1.29 is 9.18 Å². The standard InChI is InChI=1S/C22H20FN5O/c1-14-3-2-4-15(11-14)18-5-6-20-21(25-18)28(16-8-10-27(20)13-16)22(29)26-19-7-9-24-12-17(19)23/h2-7,9,11-12,16H,8,10,13H2,1H3,(H,24,26,29)/t16-/m0/s1. The van der Waals surface area contributed by atoms with Crippen LogP contribution in [0.5, 0.6) is 0 Å². The van der Waals surface area contributed by atoms with E-state index in [1.165, 1.54) is 12.3 Å². The minimum Gasteiger partial charge on any atom is -0.366 e. The maximum Gasteiger partial charge on any atom is 0.327 e. The molecular formula is C22H20FN5O. The van der Waals surface area contributed by atoms with Crippen LogP contribution < -0.4 is 15.1 Å². The summed E-state index contributed by atoms with van der Waals surface area (Å²) in [6.07, 6.45) is 3.39. The Hall–Kier alpha value is -3.48. The monoisotopic (exact) mass is 389 g/mol. The van der Waals surface area contributed by atoms with Crippen LogP contribution >= 0.6 is 0 Å². The van der Waals surface area contributed by atoms with Crippen molar-refractivity contribution in [2.24, 2.45) is 0 Å². The third-order valence-corrected chi connectivity index (χ3v) is 5.50. The van der Waals surface area contributed by atoms with Gasteiger partial charge < -0.3 is 10.2 Å². The predicted octanol–water partition coefficient (Wildman–Crippen LogP) is 4.22. The average molecular weight is 389 g/mol. The fourth-order valence-corrected chi connectivity index (χ4v) is 4.09. The van der Waals surface area contributed by atoms with E-state index in [1.807, 2.05) is 37.3 Å². The molecule has 5 rings (SSSR count). The summed E-state index contributed by atoms with van der Waals surface area (Å²) in [4.78, 5) is 25.7. The molecule has 1 fully saturated rings. The van der Waals surface area contributed by atoms with E-state index < -0.39 is 5.82 Å². The predicted molar refractivity (Wildman–Crippen MR) is 111 cm³/mol. The first-order valence-electron chi connectivity index (χ1n) is 9.63. The van der Waals surface area contributed by atoms with Crippen LogP contribution in [0.3, 0.4) is 0 Å². The Bertz CT molecular complexity index is 1100. The topological polar surface area (TPSA) is 61.4 Å². The van der Waals surface area contributed by atoms with Gasteiger partial charge in [-0.2, -0.15) is 0 Å². The number of fused-ring (bicyclic) bond motifs is 4. The smallest absolute Gasteiger partial charge is 0.327 e. The Balaban J connectivity index is 1.55. The first-order chi connectivity index (χ1) is 14.1. The number of aromatic nitrogens is 2. The van der Waals surface area contributed by atoms with Crippen molar-refractivity contribution in [2.75, 3.05) is 28.2 Å². The van der Waals surface area contributed by atoms with Gasteiger partial charge in [0.05, 0.1) is 29.3 Å². The largest absolute Gasteiger partial charge is 0.366 e. The molecule has 0 radical (unpaired) electrons. The fourth-order valence-electron chi connectivity index (χ4n) is 4.09. The number of pyridine rings is 2. The van der Waals surface area contributed by atoms with Crippen LogP contribution in [0.1, 0.15) is 12.0 Å². The molecule has 1 aromatic carbocycles. The van der Waals surface area contributed by atoms with Gasteiger partial charge in [0.1, 0.15) is 0 Å². The first kappa shape index (κ1) is 17.6. The lowest BCUT2D eigenvalue weighted by Gasteiger charge is -2.36. The first-order valence-corrected chi connectivity index (χ1v) is 9.63. The number of nitrogens with zero attached hydrogens (tertiary/aromatic N) is 4. The van der Waals surface area contributed by atoms with Crippen LogP contribution in [0, 0.1) is 12.7 Å². The second kappa shape index (κ2) is 6.84. The van der Waals surface area contributed by atoms with Crippen LogP contribution in [0.15, 0.2) is 54.9 Å². The van der Waals surface area contributed by atoms with E-state index in [1.54, 1.807) is 4.90 Å². The van der Waals surface area contributed by atoms with Crippen molar-refractivity contribution in [1.82, 2.24) is 9.97 Å². The van der Waals surface area contributed by atoms with Gasteiger partial charge in [-0.3, -0.25) is 9.88 Å². The van der Waals surface area contributed by atoms with Gasteiger partial charge in [-0.25, -0.2) is 14.2 Å². The Morgan fingerprint density at radius 2 is 2.14 bits per heavy atom. The van der Waals surface area contributed by atoms with E-state index in [0.717, 1.165) is 48.2 Å². The number of aryl methyl sites for hydroxylation is 1. The summed E-state index contributed by atoms with van der Waals surface area (Å²) >= 11 is 0. The van der Waals surface area contributed by atoms with Crippen molar-refractivity contribution >= 4 is 23.2 Å². The number of hydrogen-bond acceptors (Lipinski definition) is 4. The van der Waals surface area contributed by atoms with E-state index in [2.05, 4.69) is 21.3 Å². The summed E-state index contributed by atoms with van der Waals surface area (Å²) < 4.78 is 14.0. The zero-order valence-corrected chi connectivity index (χ0v) is 16.0. The number of halogens is 1. The summed E-state index contributed by atoms with van der Waals surface area (Å²) in [6, 6.07) is 13.2. The zero-order valence-electron chi connectivity index (χ0n) is 16.0. The highest BCUT2D eigenvalue weighted by Gasteiger charge is 2.40. The molecule has 4 heterocycles. The third-order valence-electron chi connectivity index (χ3n) is 5.50. The molecular weight excluding hydrogens is 369 g/mol. The molecule has 1 atom stereocenters. The number of carbonyl (C=O) groups is 1. The van der Waals surface area contributed by atoms with Gasteiger partial charge in [0.25, 0.3) is 0 Å². The lowest BCUT2D eigenvalue weighted by Crippen LogP contribution is -2.48. The number of benzene rings is 1. The Morgan fingerprint density at radius 1 is 1.24 bits per heavy atom. The van der Waals surface area contributed by atoms with Crippen LogP contribution in [0.4, 0.5) is 26.4 Å². The van der Waals surface area contributed by atoms with E-state index >= 15 is 0 Å². The second-order valence-electron chi connectivity index (χ2n) is 7.45. The maximum absolute atomic E-state index is 14.0. The summed E-state index contributed by atoms with van der Waals surface area (Å²) in [5.74, 6) is 0.0531. The summed E-state index contributed by atoms with van der Waals surface area (Å²) in [6.45, 7) is 3.66. The molecule has 2 amide bonds. The molecule has 2 aliphatic heterocycles. The highest BCUT2D eigenvalue weighted by atomic mass is 19.1. The molecule has 2 aromatic heterocycles. The molecule has 0 aliphatic carbocycles. The molecule has 146 valence electrons. The number of amides is 2. The van der Waals surface area contributed by atoms with Crippen molar-refractivity contribution in [1.29, 1.82) is 0 Å². The third kappa shape index (κ3) is 3.08. The maximum atomic E-state index is 14.0. The second-order valence-corrected chi connectivity index (χ2v) is 7.45. The number of carbonyl (C=O) groups excluding carboxylic acids is 1. The number of nitrogens with one attached hydrogen (secondary N) is 1. The number of urea groups is 1. The molecule has 3 aromatic rings. The molecule has 7 heteroatoms. The molecule has 0 saturated carbocycles. The summed E-state index contributed by atoms with van der Waals surface area (Å²) in [5, 5.41) is 2.69. The van der Waals surface area contributed by atoms with E-state index in [4.69, 9.17) is 4.98 Å². The molecule has 0 spiro atoms. The quantitative estimate of drug-likeness (QED) is 0.713. The number of hydrogen-bond donors (Lipinski definition) is 1. The SMILES string of the molecule is Cc1cccc(-c2ccc3c(n2)N(C(=O)Nc2ccncc2F)[C@H]2CCN3C2)c1. The summed E-state index contributed by atoms with van der Waals surface area (Å²) in [7, 11) is 0. The molecule has 1 saturated heterocycles. The van der Waals surface area contributed by atoms with Crippen molar-refractivity contribution in [3.8, 4) is 11.3 Å². The van der Waals surface area contributed by atoms with Crippen LogP contribution in [-0.2, 0) is 0 Å². The minimum atomic E-state index is -0.562. The molecule has 0 unspecified atom stereocenters. The average Bonchev–Trinajstić information content (AvgIpc) is 3.14. The molecule has 29 heavy (non-hydrogen) atoms. The molecule has 2 bridgehead atoms. The van der Waals surface area contributed by atoms with Gasteiger partial charge >= 0.3 is 6.03 Å². The van der Waals surface area contributed by atoms with Gasteiger partial charge in [-0.1, -0.05) is 23.8 Å². The van der Waals surface area contributed by atoms with Gasteiger partial charge in [-0.05, 0) is 37.6 Å². The van der Waals surface area contributed by atoms with Crippen LogP contribution in [0.25, 0.3) is 11.3 Å². The van der Waals surface area contributed by atoms with E-state index in [0.29, 0.717) is 5.82 Å². The molecule has 1 N–H and O–H groups in total. The van der Waals surface area contributed by atoms with E-state index in [9.17, 15) is 9.18 Å². The lowest BCUT2D eigenvalue weighted by molar-refractivity contribution is 0.254. The molecule has 6 nitrogen and oxygen atoms in total. The van der Waals surface area contributed by atoms with Crippen LogP contribution in [0.2, 0.25) is 0 Å².